The summed E-state index contributed by atoms with van der Waals surface area (Å²) in [5.41, 5.74) is 2.09. The Bertz CT molecular complexity index is 936. The number of hydrogen-bond donors (Lipinski definition) is 2. The molecular weight excluding hydrogens is 296 g/mol. The van der Waals surface area contributed by atoms with Crippen LogP contribution in [-0.4, -0.2) is 15.1 Å². The molecule has 3 aromatic rings. The molecule has 0 spiro atoms. The Morgan fingerprint density at radius 3 is 2.82 bits per heavy atom. The van der Waals surface area contributed by atoms with Gasteiger partial charge in [-0.1, -0.05) is 18.2 Å². The molecule has 110 valence electrons. The Kier molecular flexibility index (Phi) is 3.08. The van der Waals surface area contributed by atoms with Crippen LogP contribution in [-0.2, 0) is 12.8 Å². The van der Waals surface area contributed by atoms with Gasteiger partial charge in [-0.15, -0.1) is 11.3 Å². The molecule has 1 aliphatic carbocycles. The molecule has 4 nitrogen and oxygen atoms in total. The van der Waals surface area contributed by atoms with Crippen LogP contribution in [0.25, 0.3) is 22.4 Å². The third-order valence-electron chi connectivity index (χ3n) is 3.92. The van der Waals surface area contributed by atoms with Crippen molar-refractivity contribution in [3.8, 4) is 5.75 Å². The van der Waals surface area contributed by atoms with Crippen molar-refractivity contribution in [3.63, 3.8) is 0 Å². The van der Waals surface area contributed by atoms with Gasteiger partial charge in [0.1, 0.15) is 16.4 Å². The molecule has 0 atom stereocenters. The third kappa shape index (κ3) is 2.23. The lowest BCUT2D eigenvalue weighted by molar-refractivity contribution is 0.475. The third-order valence-corrected chi connectivity index (χ3v) is 5.11. The van der Waals surface area contributed by atoms with E-state index in [-0.39, 0.29) is 11.3 Å². The first kappa shape index (κ1) is 13.3. The summed E-state index contributed by atoms with van der Waals surface area (Å²) >= 11 is 1.64. The number of aromatic hydroxyl groups is 1. The average molecular weight is 310 g/mol. The van der Waals surface area contributed by atoms with E-state index in [0.29, 0.717) is 5.82 Å². The van der Waals surface area contributed by atoms with Crippen molar-refractivity contribution >= 4 is 33.7 Å². The summed E-state index contributed by atoms with van der Waals surface area (Å²) in [4.78, 5) is 21.9. The maximum absolute atomic E-state index is 12.3. The highest BCUT2D eigenvalue weighted by Gasteiger charge is 2.20. The number of hydrogen-bond acceptors (Lipinski definition) is 4. The molecule has 1 aliphatic rings. The summed E-state index contributed by atoms with van der Waals surface area (Å²) in [5, 5.41) is 10.0. The molecule has 0 radical (unpaired) electrons. The summed E-state index contributed by atoms with van der Waals surface area (Å²) < 4.78 is 0. The number of nitrogens with one attached hydrogen (secondary N) is 1. The first-order chi connectivity index (χ1) is 10.7. The summed E-state index contributed by atoms with van der Waals surface area (Å²) in [6.45, 7) is 0. The van der Waals surface area contributed by atoms with Crippen LogP contribution in [0.2, 0.25) is 0 Å². The average Bonchev–Trinajstić information content (AvgIpc) is 3.06. The zero-order chi connectivity index (χ0) is 15.1. The predicted octanol–water partition coefficient (Wildman–Crippen LogP) is 3.35. The number of phenolic OH excluding ortho intramolecular Hbond substituents is 1. The molecule has 0 bridgehead atoms. The molecule has 0 fully saturated rings. The molecule has 2 heterocycles. The van der Waals surface area contributed by atoms with Crippen molar-refractivity contribution < 1.29 is 5.11 Å². The van der Waals surface area contributed by atoms with Gasteiger partial charge in [0.25, 0.3) is 5.56 Å². The molecule has 1 aromatic carbocycles. The van der Waals surface area contributed by atoms with Crippen molar-refractivity contribution in [2.75, 3.05) is 0 Å². The first-order valence-corrected chi connectivity index (χ1v) is 8.04. The number of aromatic nitrogens is 2. The lowest BCUT2D eigenvalue weighted by Gasteiger charge is -1.97. The number of aryl methyl sites for hydroxylation is 2. The van der Waals surface area contributed by atoms with Gasteiger partial charge in [0.2, 0.25) is 0 Å². The molecule has 5 heteroatoms. The highest BCUT2D eigenvalue weighted by Crippen LogP contribution is 2.34. The van der Waals surface area contributed by atoms with Crippen molar-refractivity contribution in [1.82, 2.24) is 9.97 Å². The Morgan fingerprint density at radius 2 is 2.00 bits per heavy atom. The van der Waals surface area contributed by atoms with Crippen LogP contribution in [0.4, 0.5) is 0 Å². The monoisotopic (exact) mass is 310 g/mol. The minimum absolute atomic E-state index is 0.0465. The predicted molar refractivity (Wildman–Crippen MR) is 89.3 cm³/mol. The SMILES string of the molecule is O=c1[nH]c(/C=C/c2ccc(O)cc2)nc2sc3c(c12)CCC3. The summed E-state index contributed by atoms with van der Waals surface area (Å²) in [6.07, 6.45) is 6.85. The standard InChI is InChI=1S/C17H14N2O2S/c20-11-7-4-10(5-8-11)6-9-14-18-16(21)15-12-2-1-3-13(12)22-17(15)19-14/h4-9,20H,1-3H2,(H,18,19,21)/b9-6+. The molecule has 4 rings (SSSR count). The number of H-pyrrole nitrogens is 1. The summed E-state index contributed by atoms with van der Waals surface area (Å²) in [7, 11) is 0. The van der Waals surface area contributed by atoms with E-state index in [2.05, 4.69) is 9.97 Å². The van der Waals surface area contributed by atoms with Gasteiger partial charge < -0.3 is 10.1 Å². The van der Waals surface area contributed by atoms with Crippen LogP contribution in [0, 0.1) is 0 Å². The van der Waals surface area contributed by atoms with Crippen molar-refractivity contribution in [2.45, 2.75) is 19.3 Å². The van der Waals surface area contributed by atoms with E-state index in [1.165, 1.54) is 10.4 Å². The largest absolute Gasteiger partial charge is 0.508 e. The van der Waals surface area contributed by atoms with Gasteiger partial charge in [0, 0.05) is 4.88 Å². The lowest BCUT2D eigenvalue weighted by atomic mass is 10.2. The fourth-order valence-corrected chi connectivity index (χ4v) is 4.13. The van der Waals surface area contributed by atoms with E-state index in [1.54, 1.807) is 29.5 Å². The van der Waals surface area contributed by atoms with Crippen molar-refractivity contribution in [3.05, 3.63) is 56.4 Å². The molecule has 22 heavy (non-hydrogen) atoms. The second-order valence-electron chi connectivity index (χ2n) is 5.41. The second-order valence-corrected chi connectivity index (χ2v) is 6.50. The molecule has 0 unspecified atom stereocenters. The van der Waals surface area contributed by atoms with Gasteiger partial charge in [-0.2, -0.15) is 0 Å². The fraction of sp³-hybridized carbons (Fsp3) is 0.176. The number of aromatic amines is 1. The van der Waals surface area contributed by atoms with Gasteiger partial charge in [0.15, 0.2) is 0 Å². The Labute approximate surface area is 130 Å². The molecule has 2 N–H and O–H groups in total. The number of rotatable bonds is 2. The number of thiophene rings is 1. The molecule has 0 aliphatic heterocycles. The number of fused-ring (bicyclic) bond motifs is 3. The van der Waals surface area contributed by atoms with Gasteiger partial charge in [-0.25, -0.2) is 4.98 Å². The topological polar surface area (TPSA) is 66.0 Å². The van der Waals surface area contributed by atoms with Crippen LogP contribution in [0.3, 0.4) is 0 Å². The minimum atomic E-state index is -0.0465. The van der Waals surface area contributed by atoms with E-state index in [4.69, 9.17) is 0 Å². The van der Waals surface area contributed by atoms with E-state index in [9.17, 15) is 9.90 Å². The molecule has 0 saturated heterocycles. The summed E-state index contributed by atoms with van der Waals surface area (Å²) in [6, 6.07) is 6.87. The smallest absolute Gasteiger partial charge is 0.260 e. The number of benzene rings is 1. The van der Waals surface area contributed by atoms with Gasteiger partial charge >= 0.3 is 0 Å². The molecular formula is C17H14N2O2S. The van der Waals surface area contributed by atoms with E-state index in [0.717, 1.165) is 35.0 Å². The zero-order valence-corrected chi connectivity index (χ0v) is 12.6. The second kappa shape index (κ2) is 5.10. The van der Waals surface area contributed by atoms with Crippen molar-refractivity contribution in [1.29, 1.82) is 0 Å². The van der Waals surface area contributed by atoms with Crippen LogP contribution >= 0.6 is 11.3 Å². The lowest BCUT2D eigenvalue weighted by Crippen LogP contribution is -2.09. The normalized spacial score (nSPS) is 14.0. The highest BCUT2D eigenvalue weighted by atomic mass is 32.1. The van der Waals surface area contributed by atoms with Gasteiger partial charge in [-0.05, 0) is 48.6 Å². The zero-order valence-electron chi connectivity index (χ0n) is 11.8. The maximum atomic E-state index is 12.3. The molecule has 0 saturated carbocycles. The van der Waals surface area contributed by atoms with Gasteiger partial charge in [0.05, 0.1) is 5.39 Å². The fourth-order valence-electron chi connectivity index (χ4n) is 2.86. The van der Waals surface area contributed by atoms with Crippen LogP contribution in [0.15, 0.2) is 29.1 Å². The molecule has 0 amide bonds. The van der Waals surface area contributed by atoms with Crippen LogP contribution < -0.4 is 5.56 Å². The molecule has 2 aromatic heterocycles. The highest BCUT2D eigenvalue weighted by molar-refractivity contribution is 7.18. The quantitative estimate of drug-likeness (QED) is 0.763. The van der Waals surface area contributed by atoms with E-state index in [1.807, 2.05) is 18.2 Å². The van der Waals surface area contributed by atoms with Crippen LogP contribution in [0.1, 0.15) is 28.2 Å². The summed E-state index contributed by atoms with van der Waals surface area (Å²) in [5.74, 6) is 0.795. The minimum Gasteiger partial charge on any atom is -0.508 e. The number of nitrogens with zero attached hydrogens (tertiary/aromatic N) is 1. The van der Waals surface area contributed by atoms with Crippen LogP contribution in [0.5, 0.6) is 5.75 Å². The van der Waals surface area contributed by atoms with E-state index < -0.39 is 0 Å². The van der Waals surface area contributed by atoms with Gasteiger partial charge in [-0.3, -0.25) is 4.79 Å². The Hall–Kier alpha value is -2.40. The maximum Gasteiger partial charge on any atom is 0.260 e. The first-order valence-electron chi connectivity index (χ1n) is 7.22. The van der Waals surface area contributed by atoms with E-state index >= 15 is 0 Å². The Morgan fingerprint density at radius 1 is 1.18 bits per heavy atom. The van der Waals surface area contributed by atoms with Crippen molar-refractivity contribution in [2.24, 2.45) is 0 Å². The Balaban J connectivity index is 1.74. The number of phenols is 1.